The van der Waals surface area contributed by atoms with Crippen molar-refractivity contribution >= 4 is 5.91 Å². The first-order chi connectivity index (χ1) is 8.11. The van der Waals surface area contributed by atoms with Crippen molar-refractivity contribution in [2.45, 2.75) is 25.8 Å². The zero-order valence-electron chi connectivity index (χ0n) is 10.00. The van der Waals surface area contributed by atoms with E-state index in [1.807, 2.05) is 6.92 Å². The first-order valence-electron chi connectivity index (χ1n) is 5.75. The molecule has 4 heteroatoms. The minimum atomic E-state index is -0.405. The van der Waals surface area contributed by atoms with Crippen molar-refractivity contribution in [1.29, 1.82) is 0 Å². The number of ether oxygens (including phenoxy) is 1. The van der Waals surface area contributed by atoms with Gasteiger partial charge in [-0.15, -0.1) is 0 Å². The summed E-state index contributed by atoms with van der Waals surface area (Å²) >= 11 is 0. The highest BCUT2D eigenvalue weighted by Crippen LogP contribution is 2.30. The summed E-state index contributed by atoms with van der Waals surface area (Å²) in [5.41, 5.74) is 0.748. The quantitative estimate of drug-likeness (QED) is 0.873. The topological polar surface area (TPSA) is 38.3 Å². The van der Waals surface area contributed by atoms with Crippen LogP contribution in [0.25, 0.3) is 0 Å². The number of nitrogens with one attached hydrogen (secondary N) is 1. The van der Waals surface area contributed by atoms with E-state index in [0.29, 0.717) is 0 Å². The van der Waals surface area contributed by atoms with Crippen molar-refractivity contribution in [3.8, 4) is 5.75 Å². The van der Waals surface area contributed by atoms with E-state index in [1.54, 1.807) is 12.1 Å². The highest BCUT2D eigenvalue weighted by Gasteiger charge is 2.30. The van der Waals surface area contributed by atoms with Gasteiger partial charge in [-0.25, -0.2) is 4.39 Å². The van der Waals surface area contributed by atoms with Gasteiger partial charge in [0, 0.05) is 5.92 Å². The monoisotopic (exact) mass is 237 g/mol. The number of carbonyl (C=O) groups is 1. The molecule has 1 saturated carbocycles. The van der Waals surface area contributed by atoms with Gasteiger partial charge in [-0.05, 0) is 37.5 Å². The molecule has 1 unspecified atom stereocenters. The zero-order valence-corrected chi connectivity index (χ0v) is 10.00. The number of rotatable bonds is 4. The molecule has 1 aliphatic rings. The van der Waals surface area contributed by atoms with Crippen LogP contribution in [0, 0.1) is 11.7 Å². The molecule has 0 aromatic heterocycles. The Morgan fingerprint density at radius 2 is 2.24 bits per heavy atom. The Morgan fingerprint density at radius 3 is 2.76 bits per heavy atom. The van der Waals surface area contributed by atoms with E-state index in [1.165, 1.54) is 13.2 Å². The second-order valence-electron chi connectivity index (χ2n) is 4.40. The van der Waals surface area contributed by atoms with Crippen LogP contribution in [-0.4, -0.2) is 13.0 Å². The largest absolute Gasteiger partial charge is 0.494 e. The first-order valence-corrected chi connectivity index (χ1v) is 5.75. The van der Waals surface area contributed by atoms with E-state index >= 15 is 0 Å². The van der Waals surface area contributed by atoms with Gasteiger partial charge in [0.15, 0.2) is 11.6 Å². The van der Waals surface area contributed by atoms with Crippen LogP contribution >= 0.6 is 0 Å². The number of halogens is 1. The van der Waals surface area contributed by atoms with E-state index in [9.17, 15) is 9.18 Å². The summed E-state index contributed by atoms with van der Waals surface area (Å²) in [4.78, 5) is 11.6. The molecule has 2 rings (SSSR count). The van der Waals surface area contributed by atoms with Gasteiger partial charge in [0.25, 0.3) is 0 Å². The summed E-state index contributed by atoms with van der Waals surface area (Å²) in [6, 6.07) is 4.56. The maximum absolute atomic E-state index is 13.5. The third-order valence-electron chi connectivity index (χ3n) is 2.98. The lowest BCUT2D eigenvalue weighted by Crippen LogP contribution is -2.27. The summed E-state index contributed by atoms with van der Waals surface area (Å²) in [5, 5.41) is 2.88. The molecule has 92 valence electrons. The van der Waals surface area contributed by atoms with Crippen molar-refractivity contribution in [3.05, 3.63) is 29.6 Å². The molecule has 0 saturated heterocycles. The number of hydrogen-bond donors (Lipinski definition) is 1. The van der Waals surface area contributed by atoms with Crippen LogP contribution in [0.3, 0.4) is 0 Å². The van der Waals surface area contributed by atoms with Gasteiger partial charge in [-0.1, -0.05) is 6.07 Å². The van der Waals surface area contributed by atoms with Crippen LogP contribution < -0.4 is 10.1 Å². The smallest absolute Gasteiger partial charge is 0.223 e. The van der Waals surface area contributed by atoms with Gasteiger partial charge in [-0.2, -0.15) is 0 Å². The molecule has 1 aromatic rings. The van der Waals surface area contributed by atoms with E-state index in [2.05, 4.69) is 5.32 Å². The number of hydrogen-bond acceptors (Lipinski definition) is 2. The molecule has 0 heterocycles. The summed E-state index contributed by atoms with van der Waals surface area (Å²) in [6.07, 6.45) is 1.94. The fraction of sp³-hybridized carbons (Fsp3) is 0.462. The molecule has 0 radical (unpaired) electrons. The number of amides is 1. The minimum absolute atomic E-state index is 0.0636. The average molecular weight is 237 g/mol. The number of methoxy groups -OCH3 is 1. The molecule has 1 N–H and O–H groups in total. The maximum atomic E-state index is 13.5. The normalized spacial score (nSPS) is 16.4. The van der Waals surface area contributed by atoms with E-state index in [0.717, 1.165) is 18.4 Å². The first kappa shape index (κ1) is 11.9. The summed E-state index contributed by atoms with van der Waals surface area (Å²) in [7, 11) is 1.43. The molecule has 0 bridgehead atoms. The molecule has 17 heavy (non-hydrogen) atoms. The van der Waals surface area contributed by atoms with Gasteiger partial charge in [0.2, 0.25) is 5.91 Å². The number of benzene rings is 1. The fourth-order valence-corrected chi connectivity index (χ4v) is 1.71. The summed E-state index contributed by atoms with van der Waals surface area (Å²) < 4.78 is 18.3. The zero-order chi connectivity index (χ0) is 12.4. The Kier molecular flexibility index (Phi) is 3.31. The average Bonchev–Trinajstić information content (AvgIpc) is 3.12. The molecular formula is C13H16FNO2. The van der Waals surface area contributed by atoms with E-state index in [-0.39, 0.29) is 23.6 Å². The van der Waals surface area contributed by atoms with Gasteiger partial charge >= 0.3 is 0 Å². The van der Waals surface area contributed by atoms with Crippen LogP contribution in [-0.2, 0) is 4.79 Å². The Morgan fingerprint density at radius 1 is 1.53 bits per heavy atom. The molecule has 1 aliphatic carbocycles. The SMILES string of the molecule is COc1ccc(C(C)NC(=O)C2CC2)cc1F. The lowest BCUT2D eigenvalue weighted by Gasteiger charge is -2.15. The molecule has 0 aliphatic heterocycles. The second-order valence-corrected chi connectivity index (χ2v) is 4.40. The van der Waals surface area contributed by atoms with Crippen LogP contribution in [0.15, 0.2) is 18.2 Å². The van der Waals surface area contributed by atoms with E-state index in [4.69, 9.17) is 4.74 Å². The second kappa shape index (κ2) is 4.73. The molecule has 1 aromatic carbocycles. The van der Waals surface area contributed by atoms with Crippen molar-refractivity contribution < 1.29 is 13.9 Å². The number of carbonyl (C=O) groups excluding carboxylic acids is 1. The lowest BCUT2D eigenvalue weighted by molar-refractivity contribution is -0.122. The Labute approximate surface area is 100.0 Å². The third kappa shape index (κ3) is 2.75. The molecule has 1 fully saturated rings. The van der Waals surface area contributed by atoms with Crippen molar-refractivity contribution in [1.82, 2.24) is 5.32 Å². The van der Waals surface area contributed by atoms with Gasteiger partial charge in [0.1, 0.15) is 0 Å². The lowest BCUT2D eigenvalue weighted by atomic mass is 10.1. The third-order valence-corrected chi connectivity index (χ3v) is 2.98. The van der Waals surface area contributed by atoms with Crippen molar-refractivity contribution in [2.24, 2.45) is 5.92 Å². The summed E-state index contributed by atoms with van der Waals surface area (Å²) in [5.74, 6) is 0.0428. The standard InChI is InChI=1S/C13H16FNO2/c1-8(15-13(16)9-3-4-9)10-5-6-12(17-2)11(14)7-10/h5-9H,3-4H2,1-2H3,(H,15,16). The van der Waals surface area contributed by atoms with Crippen molar-refractivity contribution in [2.75, 3.05) is 7.11 Å². The highest BCUT2D eigenvalue weighted by molar-refractivity contribution is 5.81. The van der Waals surface area contributed by atoms with Gasteiger partial charge < -0.3 is 10.1 Å². The van der Waals surface area contributed by atoms with Crippen molar-refractivity contribution in [3.63, 3.8) is 0 Å². The highest BCUT2D eigenvalue weighted by atomic mass is 19.1. The van der Waals surface area contributed by atoms with Gasteiger partial charge in [-0.3, -0.25) is 4.79 Å². The van der Waals surface area contributed by atoms with Crippen LogP contribution in [0.1, 0.15) is 31.4 Å². The summed E-state index contributed by atoms with van der Waals surface area (Å²) in [6.45, 7) is 1.85. The molecule has 1 amide bonds. The molecule has 1 atom stereocenters. The predicted octanol–water partition coefficient (Wildman–Crippen LogP) is 2.42. The molecule has 0 spiro atoms. The molecular weight excluding hydrogens is 221 g/mol. The Hall–Kier alpha value is -1.58. The van der Waals surface area contributed by atoms with Crippen LogP contribution in [0.2, 0.25) is 0 Å². The molecule has 3 nitrogen and oxygen atoms in total. The van der Waals surface area contributed by atoms with Crippen LogP contribution in [0.5, 0.6) is 5.75 Å². The predicted molar refractivity (Wildman–Crippen MR) is 62.2 cm³/mol. The van der Waals surface area contributed by atoms with E-state index < -0.39 is 5.82 Å². The Balaban J connectivity index is 2.05. The van der Waals surface area contributed by atoms with Crippen LogP contribution in [0.4, 0.5) is 4.39 Å². The maximum Gasteiger partial charge on any atom is 0.223 e. The minimum Gasteiger partial charge on any atom is -0.494 e. The fourth-order valence-electron chi connectivity index (χ4n) is 1.71. The van der Waals surface area contributed by atoms with Gasteiger partial charge in [0.05, 0.1) is 13.2 Å². The Bertz CT molecular complexity index is 429.